The number of alkyl halides is 4. The van der Waals surface area contributed by atoms with Crippen molar-refractivity contribution in [3.63, 3.8) is 0 Å². The summed E-state index contributed by atoms with van der Waals surface area (Å²) in [5.41, 5.74) is 6.30. The van der Waals surface area contributed by atoms with Gasteiger partial charge >= 0.3 is 12.3 Å². The van der Waals surface area contributed by atoms with E-state index in [0.717, 1.165) is 0 Å². The molecule has 2 amide bonds. The number of amides is 2. The van der Waals surface area contributed by atoms with Gasteiger partial charge in [-0.3, -0.25) is 9.59 Å². The highest BCUT2D eigenvalue weighted by molar-refractivity contribution is 5.91. The van der Waals surface area contributed by atoms with Gasteiger partial charge in [0.2, 0.25) is 5.91 Å². The molecule has 0 fully saturated rings. The fourth-order valence-electron chi connectivity index (χ4n) is 2.28. The Morgan fingerprint density at radius 1 is 1.24 bits per heavy atom. The predicted molar refractivity (Wildman–Crippen MR) is 64.6 cm³/mol. The number of carbonyl (C=O) groups excluding carboxylic acids is 2. The van der Waals surface area contributed by atoms with Gasteiger partial charge in [0.25, 0.3) is 5.91 Å². The topological polar surface area (TPSA) is 63.4 Å². The highest BCUT2D eigenvalue weighted by atomic mass is 19.3. The first kappa shape index (κ1) is 15.3. The van der Waals surface area contributed by atoms with Crippen molar-refractivity contribution in [2.24, 2.45) is 5.73 Å². The minimum atomic E-state index is -4.85. The van der Waals surface area contributed by atoms with Gasteiger partial charge in [0.05, 0.1) is 0 Å². The smallest absolute Gasteiger partial charge is 0.368 e. The van der Waals surface area contributed by atoms with Crippen LogP contribution in [0.4, 0.5) is 17.6 Å². The molecule has 0 aromatic heterocycles. The lowest BCUT2D eigenvalue weighted by Gasteiger charge is -2.36. The summed E-state index contributed by atoms with van der Waals surface area (Å²) in [6.07, 6.45) is -4.22. The van der Waals surface area contributed by atoms with E-state index in [-0.39, 0.29) is 13.0 Å². The van der Waals surface area contributed by atoms with Crippen LogP contribution >= 0.6 is 0 Å². The first-order valence-electron chi connectivity index (χ1n) is 6.08. The van der Waals surface area contributed by atoms with Crippen molar-refractivity contribution < 1.29 is 27.2 Å². The molecule has 21 heavy (non-hydrogen) atoms. The quantitative estimate of drug-likeness (QED) is 0.856. The maximum atomic E-state index is 13.2. The molecule has 1 aromatic carbocycles. The van der Waals surface area contributed by atoms with E-state index in [2.05, 4.69) is 0 Å². The zero-order chi connectivity index (χ0) is 15.8. The Labute approximate surface area is 117 Å². The summed E-state index contributed by atoms with van der Waals surface area (Å²) in [5.74, 6) is -7.95. The Hall–Kier alpha value is -2.12. The largest absolute Gasteiger partial charge is 0.383 e. The molecular formula is C13H12F4N2O2. The van der Waals surface area contributed by atoms with Gasteiger partial charge in [-0.05, 0) is 11.1 Å². The van der Waals surface area contributed by atoms with E-state index < -0.39 is 30.2 Å². The van der Waals surface area contributed by atoms with Crippen molar-refractivity contribution in [1.29, 1.82) is 0 Å². The van der Waals surface area contributed by atoms with Gasteiger partial charge in [0.15, 0.2) is 0 Å². The van der Waals surface area contributed by atoms with Gasteiger partial charge in [-0.2, -0.15) is 8.78 Å². The Morgan fingerprint density at radius 2 is 1.81 bits per heavy atom. The SMILES string of the molecule is NC(=O)[C@@H]1Cc2ccccc2CN1C(=O)C(F)(F)C(F)F. The summed E-state index contributed by atoms with van der Waals surface area (Å²) in [4.78, 5) is 23.5. The van der Waals surface area contributed by atoms with Crippen LogP contribution in [0.5, 0.6) is 0 Å². The zero-order valence-electron chi connectivity index (χ0n) is 10.7. The lowest BCUT2D eigenvalue weighted by atomic mass is 9.93. The van der Waals surface area contributed by atoms with E-state index >= 15 is 0 Å². The van der Waals surface area contributed by atoms with Crippen molar-refractivity contribution in [3.05, 3.63) is 35.4 Å². The van der Waals surface area contributed by atoms with Gasteiger partial charge in [-0.25, -0.2) is 8.78 Å². The third-order valence-electron chi connectivity index (χ3n) is 3.40. The van der Waals surface area contributed by atoms with E-state index in [1.807, 2.05) is 0 Å². The fraction of sp³-hybridized carbons (Fsp3) is 0.385. The molecule has 1 aliphatic rings. The summed E-state index contributed by atoms with van der Waals surface area (Å²) in [5, 5.41) is 0. The molecule has 0 spiro atoms. The Balaban J connectivity index is 2.37. The first-order valence-corrected chi connectivity index (χ1v) is 6.08. The number of nitrogens with zero attached hydrogens (tertiary/aromatic N) is 1. The zero-order valence-corrected chi connectivity index (χ0v) is 10.7. The van der Waals surface area contributed by atoms with Gasteiger partial charge in [-0.15, -0.1) is 0 Å². The highest BCUT2D eigenvalue weighted by Crippen LogP contribution is 2.30. The minimum Gasteiger partial charge on any atom is -0.368 e. The molecule has 1 atom stereocenters. The van der Waals surface area contributed by atoms with E-state index in [4.69, 9.17) is 5.73 Å². The molecular weight excluding hydrogens is 292 g/mol. The third kappa shape index (κ3) is 2.70. The Kier molecular flexibility index (Phi) is 3.89. The lowest BCUT2D eigenvalue weighted by Crippen LogP contribution is -2.57. The van der Waals surface area contributed by atoms with E-state index in [1.54, 1.807) is 24.3 Å². The normalized spacial score (nSPS) is 18.5. The number of fused-ring (bicyclic) bond motifs is 1. The molecule has 1 aliphatic heterocycles. The van der Waals surface area contributed by atoms with Crippen LogP contribution in [0, 0.1) is 0 Å². The number of halogens is 4. The Morgan fingerprint density at radius 3 is 2.33 bits per heavy atom. The Bertz CT molecular complexity index is 577. The van der Waals surface area contributed by atoms with Gasteiger partial charge in [0, 0.05) is 13.0 Å². The molecule has 2 N–H and O–H groups in total. The average molecular weight is 304 g/mol. The number of rotatable bonds is 3. The molecule has 2 rings (SSSR count). The number of primary amides is 1. The van der Waals surface area contributed by atoms with Crippen LogP contribution in [0.25, 0.3) is 0 Å². The number of hydrogen-bond donors (Lipinski definition) is 1. The van der Waals surface area contributed by atoms with E-state index in [1.165, 1.54) is 0 Å². The maximum Gasteiger partial charge on any atom is 0.383 e. The van der Waals surface area contributed by atoms with Crippen LogP contribution in [-0.2, 0) is 22.6 Å². The van der Waals surface area contributed by atoms with Crippen molar-refractivity contribution in [1.82, 2.24) is 4.90 Å². The molecule has 1 aromatic rings. The molecule has 0 unspecified atom stereocenters. The fourth-order valence-corrected chi connectivity index (χ4v) is 2.28. The van der Waals surface area contributed by atoms with Crippen LogP contribution in [0.15, 0.2) is 24.3 Å². The second-order valence-corrected chi connectivity index (χ2v) is 4.75. The first-order chi connectivity index (χ1) is 9.75. The summed E-state index contributed by atoms with van der Waals surface area (Å²) >= 11 is 0. The summed E-state index contributed by atoms with van der Waals surface area (Å²) in [6.45, 7) is -0.356. The molecule has 8 heteroatoms. The third-order valence-corrected chi connectivity index (χ3v) is 3.40. The number of nitrogens with two attached hydrogens (primary N) is 1. The van der Waals surface area contributed by atoms with Crippen LogP contribution in [0.3, 0.4) is 0 Å². The van der Waals surface area contributed by atoms with Crippen LogP contribution in [-0.4, -0.2) is 35.1 Å². The van der Waals surface area contributed by atoms with Crippen LogP contribution in [0.2, 0.25) is 0 Å². The van der Waals surface area contributed by atoms with Crippen molar-refractivity contribution >= 4 is 11.8 Å². The van der Waals surface area contributed by atoms with Crippen molar-refractivity contribution in [3.8, 4) is 0 Å². The number of carbonyl (C=O) groups is 2. The standard InChI is InChI=1S/C13H12F4N2O2/c14-11(15)13(16,17)12(21)19-6-8-4-2-1-3-7(8)5-9(19)10(18)20/h1-4,9,11H,5-6H2,(H2,18,20)/t9-/m0/s1. The molecule has 0 bridgehead atoms. The van der Waals surface area contributed by atoms with E-state index in [9.17, 15) is 27.2 Å². The summed E-state index contributed by atoms with van der Waals surface area (Å²) < 4.78 is 51.1. The van der Waals surface area contributed by atoms with Gasteiger partial charge in [-0.1, -0.05) is 24.3 Å². The lowest BCUT2D eigenvalue weighted by molar-refractivity contribution is -0.184. The van der Waals surface area contributed by atoms with E-state index in [0.29, 0.717) is 16.0 Å². The second-order valence-electron chi connectivity index (χ2n) is 4.75. The molecule has 114 valence electrons. The van der Waals surface area contributed by atoms with Crippen LogP contribution in [0.1, 0.15) is 11.1 Å². The molecule has 1 heterocycles. The molecule has 0 aliphatic carbocycles. The predicted octanol–water partition coefficient (Wildman–Crippen LogP) is 1.33. The number of hydrogen-bond acceptors (Lipinski definition) is 2. The van der Waals surface area contributed by atoms with Crippen LogP contribution < -0.4 is 5.73 Å². The molecule has 0 radical (unpaired) electrons. The van der Waals surface area contributed by atoms with Crippen molar-refractivity contribution in [2.45, 2.75) is 31.4 Å². The molecule has 0 saturated carbocycles. The monoisotopic (exact) mass is 304 g/mol. The van der Waals surface area contributed by atoms with Gasteiger partial charge in [0.1, 0.15) is 6.04 Å². The highest BCUT2D eigenvalue weighted by Gasteiger charge is 2.53. The van der Waals surface area contributed by atoms with Gasteiger partial charge < -0.3 is 10.6 Å². The van der Waals surface area contributed by atoms with Crippen molar-refractivity contribution in [2.75, 3.05) is 0 Å². The molecule has 0 saturated heterocycles. The minimum absolute atomic E-state index is 0.0729. The molecule has 4 nitrogen and oxygen atoms in total. The summed E-state index contributed by atoms with van der Waals surface area (Å²) in [6, 6.07) is 5.18. The summed E-state index contributed by atoms with van der Waals surface area (Å²) in [7, 11) is 0. The average Bonchev–Trinajstić information content (AvgIpc) is 2.44. The maximum absolute atomic E-state index is 13.2. The second kappa shape index (κ2) is 5.34. The number of benzene rings is 1.